The number of carbonyl (C=O) groups excluding carboxylic acids is 4. The third-order valence-electron chi connectivity index (χ3n) is 11.5. The molecule has 56 heavy (non-hydrogen) atoms. The number of ether oxygens (including phenoxy) is 2. The highest BCUT2D eigenvalue weighted by Crippen LogP contribution is 2.48. The number of nitrogens with zero attached hydrogens (tertiary/aromatic N) is 2. The number of fused-ring (bicyclic) bond motifs is 3. The third-order valence-corrected chi connectivity index (χ3v) is 13.7. The molecule has 0 radical (unpaired) electrons. The van der Waals surface area contributed by atoms with Crippen molar-refractivity contribution >= 4 is 44.7 Å². The maximum atomic E-state index is 16.7. The summed E-state index contributed by atoms with van der Waals surface area (Å²) in [6.07, 6.45) is 4.95. The lowest BCUT2D eigenvalue weighted by atomic mass is 9.92. The minimum absolute atomic E-state index is 0.00218. The Morgan fingerprint density at radius 3 is 2.59 bits per heavy atom. The van der Waals surface area contributed by atoms with E-state index in [-0.39, 0.29) is 49.2 Å². The van der Waals surface area contributed by atoms with Gasteiger partial charge < -0.3 is 30.1 Å². The number of nitrogens with one attached hydrogen (secondary N) is 3. The Balaban J connectivity index is 1.32. The molecule has 6 rings (SSSR count). The fourth-order valence-electron chi connectivity index (χ4n) is 7.85. The molecule has 3 fully saturated rings. The SMILES string of the molecule is COc1ccc2nc(C)c(O)c([C@H](F)C[C@H]3C[C@H]4C(=O)NC5(C(=O)NS(=O)(=O)C6(C)CC6)CC5/C=C\CCCCCC(NC(=O)OC(C)(C)C)C(=O)N4C3)c2c1. The molecule has 1 aromatic carbocycles. The molecule has 3 heterocycles. The zero-order chi connectivity index (χ0) is 40.8. The summed E-state index contributed by atoms with van der Waals surface area (Å²) in [6, 6.07) is 2.70. The van der Waals surface area contributed by atoms with Crippen molar-refractivity contribution in [1.29, 1.82) is 0 Å². The van der Waals surface area contributed by atoms with Gasteiger partial charge in [0, 0.05) is 23.4 Å². The van der Waals surface area contributed by atoms with Crippen LogP contribution in [0, 0.1) is 18.8 Å². The number of hydrogen-bond acceptors (Lipinski definition) is 10. The molecule has 2 saturated carbocycles. The first-order valence-corrected chi connectivity index (χ1v) is 20.9. The number of allylic oxidation sites excluding steroid dienone is 1. The summed E-state index contributed by atoms with van der Waals surface area (Å²) < 4.78 is 55.0. The van der Waals surface area contributed by atoms with Crippen molar-refractivity contribution in [2.24, 2.45) is 11.8 Å². The molecule has 0 bridgehead atoms. The molecule has 14 nitrogen and oxygen atoms in total. The van der Waals surface area contributed by atoms with Crippen LogP contribution in [0.25, 0.3) is 10.9 Å². The fraction of sp³-hybridized carbons (Fsp3) is 0.625. The number of amides is 4. The molecule has 1 aromatic heterocycles. The monoisotopic (exact) mass is 799 g/mol. The van der Waals surface area contributed by atoms with Crippen molar-refractivity contribution < 1.29 is 46.6 Å². The summed E-state index contributed by atoms with van der Waals surface area (Å²) in [4.78, 5) is 61.5. The van der Waals surface area contributed by atoms with Crippen LogP contribution >= 0.6 is 0 Å². The largest absolute Gasteiger partial charge is 0.506 e. The van der Waals surface area contributed by atoms with Crippen LogP contribution in [0.3, 0.4) is 0 Å². The van der Waals surface area contributed by atoms with Gasteiger partial charge in [-0.3, -0.25) is 19.1 Å². The van der Waals surface area contributed by atoms with Crippen LogP contribution in [0.1, 0.15) is 109 Å². The van der Waals surface area contributed by atoms with Crippen molar-refractivity contribution in [3.63, 3.8) is 0 Å². The van der Waals surface area contributed by atoms with E-state index in [1.165, 1.54) is 12.0 Å². The number of aromatic nitrogens is 1. The van der Waals surface area contributed by atoms with Gasteiger partial charge in [0.25, 0.3) is 5.91 Å². The van der Waals surface area contributed by atoms with E-state index >= 15 is 4.39 Å². The van der Waals surface area contributed by atoms with Gasteiger partial charge in [-0.05, 0) is 110 Å². The number of aryl methyl sites for hydroxylation is 1. The first-order valence-electron chi connectivity index (χ1n) is 19.4. The van der Waals surface area contributed by atoms with E-state index in [9.17, 15) is 32.7 Å². The quantitative estimate of drug-likeness (QED) is 0.259. The Labute approximate surface area is 327 Å². The zero-order valence-electron chi connectivity index (χ0n) is 32.9. The predicted molar refractivity (Wildman–Crippen MR) is 206 cm³/mol. The van der Waals surface area contributed by atoms with Crippen LogP contribution in [-0.4, -0.2) is 88.8 Å². The lowest BCUT2D eigenvalue weighted by Crippen LogP contribution is -2.58. The summed E-state index contributed by atoms with van der Waals surface area (Å²) in [5, 5.41) is 17.0. The van der Waals surface area contributed by atoms with Crippen LogP contribution in [0.4, 0.5) is 9.18 Å². The molecule has 2 aliphatic heterocycles. The number of alkyl halides is 1. The lowest BCUT2D eigenvalue weighted by molar-refractivity contribution is -0.141. The molecule has 6 atom stereocenters. The van der Waals surface area contributed by atoms with Crippen molar-refractivity contribution in [3.8, 4) is 11.5 Å². The lowest BCUT2D eigenvalue weighted by Gasteiger charge is -2.30. The fourth-order valence-corrected chi connectivity index (χ4v) is 9.16. The molecule has 3 unspecified atom stereocenters. The summed E-state index contributed by atoms with van der Waals surface area (Å²) in [5.74, 6) is -3.05. The Morgan fingerprint density at radius 2 is 1.91 bits per heavy atom. The van der Waals surface area contributed by atoms with E-state index in [4.69, 9.17) is 9.47 Å². The van der Waals surface area contributed by atoms with E-state index < -0.39 is 79.8 Å². The van der Waals surface area contributed by atoms with Gasteiger partial charge in [0.2, 0.25) is 21.8 Å². The second-order valence-corrected chi connectivity index (χ2v) is 19.3. The van der Waals surface area contributed by atoms with Gasteiger partial charge in [-0.1, -0.05) is 25.0 Å². The van der Waals surface area contributed by atoms with E-state index in [0.717, 1.165) is 12.8 Å². The van der Waals surface area contributed by atoms with Crippen molar-refractivity contribution in [1.82, 2.24) is 25.2 Å². The summed E-state index contributed by atoms with van der Waals surface area (Å²) in [5.41, 5.74) is -1.71. The molecule has 2 aromatic rings. The molecule has 0 spiro atoms. The van der Waals surface area contributed by atoms with Gasteiger partial charge >= 0.3 is 6.09 Å². The normalized spacial score (nSPS) is 27.7. The van der Waals surface area contributed by atoms with Crippen LogP contribution in [0.5, 0.6) is 11.5 Å². The standard InChI is InChI=1S/C40H54FN5O9S/c1-23-33(47)32(27-20-26(54-6)14-15-29(27)42-23)28(41)18-24-19-31-34(48)44-40(36(50)45-56(52,53)39(5)16-17-39)21-25(40)12-10-8-7-9-11-13-30(35(49)46(31)22-24)43-37(51)55-38(2,3)4/h10,12,14-15,20,24-25,28,30-31,47H,7-9,11,13,16-19,21-22H2,1-6H3,(H,43,51)(H,44,48)(H,45,50)/b12-10-/t24-,25?,28+,30?,31-,40?/m0/s1. The number of sulfonamides is 1. The molecule has 4 amide bonds. The molecule has 2 aliphatic carbocycles. The summed E-state index contributed by atoms with van der Waals surface area (Å²) in [7, 11) is -2.56. The van der Waals surface area contributed by atoms with E-state index in [0.29, 0.717) is 42.3 Å². The number of hydrogen-bond donors (Lipinski definition) is 4. The molecule has 1 saturated heterocycles. The maximum absolute atomic E-state index is 16.7. The van der Waals surface area contributed by atoms with Crippen LogP contribution < -0.4 is 20.1 Å². The number of rotatable bonds is 8. The van der Waals surface area contributed by atoms with Gasteiger partial charge in [0.05, 0.1) is 23.1 Å². The summed E-state index contributed by atoms with van der Waals surface area (Å²) in [6.45, 7) is 8.17. The number of benzene rings is 1. The number of halogens is 1. The second kappa shape index (κ2) is 15.5. The number of alkyl carbamates (subject to hydrolysis) is 1. The van der Waals surface area contributed by atoms with E-state index in [1.54, 1.807) is 52.8 Å². The Kier molecular flexibility index (Phi) is 11.4. The number of pyridine rings is 1. The average Bonchev–Trinajstić information content (AvgIpc) is 4.00. The molecule has 4 N–H and O–H groups in total. The number of carbonyl (C=O) groups is 4. The second-order valence-electron chi connectivity index (χ2n) is 17.1. The van der Waals surface area contributed by atoms with Gasteiger partial charge in [-0.15, -0.1) is 0 Å². The van der Waals surface area contributed by atoms with Crippen LogP contribution in [0.15, 0.2) is 30.4 Å². The van der Waals surface area contributed by atoms with Gasteiger partial charge in [-0.2, -0.15) is 0 Å². The highest BCUT2D eigenvalue weighted by Gasteiger charge is 2.63. The third kappa shape index (κ3) is 8.59. The maximum Gasteiger partial charge on any atom is 0.408 e. The van der Waals surface area contributed by atoms with Gasteiger partial charge in [-0.25, -0.2) is 22.6 Å². The van der Waals surface area contributed by atoms with Crippen LogP contribution in [0.2, 0.25) is 0 Å². The van der Waals surface area contributed by atoms with E-state index in [2.05, 4.69) is 20.3 Å². The first kappa shape index (κ1) is 41.2. The number of methoxy groups -OCH3 is 1. The molecule has 16 heteroatoms. The van der Waals surface area contributed by atoms with Gasteiger partial charge in [0.15, 0.2) is 0 Å². The molecular formula is C40H54FN5O9S. The van der Waals surface area contributed by atoms with Gasteiger partial charge in [0.1, 0.15) is 40.9 Å². The molecular weight excluding hydrogens is 746 g/mol. The number of aromatic hydroxyl groups is 1. The van der Waals surface area contributed by atoms with E-state index in [1.807, 2.05) is 12.2 Å². The highest BCUT2D eigenvalue weighted by atomic mass is 32.2. The minimum atomic E-state index is -4.03. The summed E-state index contributed by atoms with van der Waals surface area (Å²) >= 11 is 0. The van der Waals surface area contributed by atoms with Crippen LogP contribution in [-0.2, 0) is 29.1 Å². The Morgan fingerprint density at radius 1 is 1.18 bits per heavy atom. The Bertz CT molecular complexity index is 2030. The Hall–Kier alpha value is -4.47. The van der Waals surface area contributed by atoms with Crippen molar-refractivity contribution in [2.45, 2.75) is 133 Å². The molecule has 4 aliphatic rings. The molecule has 306 valence electrons. The predicted octanol–water partition coefficient (Wildman–Crippen LogP) is 5.16. The minimum Gasteiger partial charge on any atom is -0.506 e. The average molecular weight is 800 g/mol. The zero-order valence-corrected chi connectivity index (χ0v) is 33.8. The van der Waals surface area contributed by atoms with Crippen molar-refractivity contribution in [3.05, 3.63) is 41.6 Å². The van der Waals surface area contributed by atoms with Crippen molar-refractivity contribution in [2.75, 3.05) is 13.7 Å². The first-order chi connectivity index (χ1) is 26.3. The highest BCUT2D eigenvalue weighted by molar-refractivity contribution is 7.91. The smallest absolute Gasteiger partial charge is 0.408 e. The topological polar surface area (TPSA) is 193 Å².